The minimum Gasteiger partial charge on any atom is -0.323 e. The summed E-state index contributed by atoms with van der Waals surface area (Å²) in [6.45, 7) is 7.89. The molecule has 0 radical (unpaired) electrons. The van der Waals surface area contributed by atoms with Gasteiger partial charge in [0.1, 0.15) is 5.69 Å². The number of nitrogens with zero attached hydrogens (tertiary/aromatic N) is 1. The topological polar surface area (TPSA) is 57.8 Å². The summed E-state index contributed by atoms with van der Waals surface area (Å²) in [4.78, 5) is 12.4. The average Bonchev–Trinajstić information content (AvgIpc) is 2.88. The molecule has 7 heteroatoms. The number of carbonyl (C=O) groups is 1. The van der Waals surface area contributed by atoms with E-state index in [1.165, 1.54) is 12.1 Å². The van der Waals surface area contributed by atoms with Crippen LogP contribution in [0, 0.1) is 5.41 Å². The third kappa shape index (κ3) is 5.09. The number of benzene rings is 1. The number of hydrogen-bond acceptors (Lipinski definition) is 2. The van der Waals surface area contributed by atoms with Gasteiger partial charge in [-0.3, -0.25) is 9.89 Å². The van der Waals surface area contributed by atoms with E-state index in [-0.39, 0.29) is 11.3 Å². The number of rotatable bonds is 5. The highest BCUT2D eigenvalue weighted by Crippen LogP contribution is 2.34. The molecule has 0 unspecified atom stereocenters. The molecule has 26 heavy (non-hydrogen) atoms. The molecule has 0 saturated heterocycles. The molecule has 2 rings (SSSR count). The predicted octanol–water partition coefficient (Wildman–Crippen LogP) is 5.42. The van der Waals surface area contributed by atoms with E-state index in [0.29, 0.717) is 29.8 Å². The normalized spacial score (nSPS) is 12.3. The van der Waals surface area contributed by atoms with Gasteiger partial charge < -0.3 is 5.32 Å². The summed E-state index contributed by atoms with van der Waals surface area (Å²) in [6.07, 6.45) is -2.53. The lowest BCUT2D eigenvalue weighted by atomic mass is 9.92. The van der Waals surface area contributed by atoms with Crippen molar-refractivity contribution in [1.82, 2.24) is 10.2 Å². The summed E-state index contributed by atoms with van der Waals surface area (Å²) in [5, 5.41) is 10.0. The second kappa shape index (κ2) is 7.51. The van der Waals surface area contributed by atoms with Crippen molar-refractivity contribution in [1.29, 1.82) is 0 Å². The lowest BCUT2D eigenvalue weighted by Gasteiger charge is -2.17. The summed E-state index contributed by atoms with van der Waals surface area (Å²) in [7, 11) is 0. The number of anilines is 1. The summed E-state index contributed by atoms with van der Waals surface area (Å²) >= 11 is 0. The third-order valence-corrected chi connectivity index (χ3v) is 3.78. The molecular weight excluding hydrogens is 343 g/mol. The Morgan fingerprint density at radius 2 is 1.77 bits per heavy atom. The maximum absolute atomic E-state index is 12.8. The molecule has 2 N–H and O–H groups in total. The number of nitrogens with one attached hydrogen (secondary N) is 2. The minimum atomic E-state index is -4.39. The number of aromatic amines is 1. The molecule has 0 fully saturated rings. The Morgan fingerprint density at radius 1 is 1.15 bits per heavy atom. The Morgan fingerprint density at radius 3 is 2.27 bits per heavy atom. The third-order valence-electron chi connectivity index (χ3n) is 3.78. The summed E-state index contributed by atoms with van der Waals surface area (Å²) in [6, 6.07) is 4.77. The maximum atomic E-state index is 12.8. The van der Waals surface area contributed by atoms with Crippen LogP contribution >= 0.6 is 0 Å². The lowest BCUT2D eigenvalue weighted by molar-refractivity contribution is -0.137. The van der Waals surface area contributed by atoms with Gasteiger partial charge in [0.25, 0.3) is 0 Å². The first-order valence-corrected chi connectivity index (χ1v) is 8.56. The molecule has 4 nitrogen and oxygen atoms in total. The number of halogens is 3. The predicted molar refractivity (Wildman–Crippen MR) is 95.7 cm³/mol. The number of alkyl halides is 3. The fraction of sp³-hybridized carbons (Fsp3) is 0.474. The van der Waals surface area contributed by atoms with Crippen LogP contribution in [-0.4, -0.2) is 16.1 Å². The fourth-order valence-corrected chi connectivity index (χ4v) is 2.63. The van der Waals surface area contributed by atoms with Crippen LogP contribution in [0.1, 0.15) is 51.8 Å². The molecule has 0 bridgehead atoms. The zero-order valence-corrected chi connectivity index (χ0v) is 15.4. The van der Waals surface area contributed by atoms with Crippen molar-refractivity contribution >= 4 is 11.6 Å². The number of H-pyrrole nitrogens is 1. The zero-order chi connectivity index (χ0) is 19.5. The SMILES string of the molecule is CCCc1[nH]nc(-c2ccc(C(F)(F)F)cc2)c1NC(=O)CC(C)(C)C. The summed E-state index contributed by atoms with van der Waals surface area (Å²) < 4.78 is 38.3. The Balaban J connectivity index is 2.35. The van der Waals surface area contributed by atoms with Gasteiger partial charge >= 0.3 is 6.18 Å². The van der Waals surface area contributed by atoms with Gasteiger partial charge in [0.15, 0.2) is 0 Å². The van der Waals surface area contributed by atoms with Crippen molar-refractivity contribution in [3.8, 4) is 11.3 Å². The molecule has 0 spiro atoms. The molecular formula is C19H24F3N3O. The fourth-order valence-electron chi connectivity index (χ4n) is 2.63. The Hall–Kier alpha value is -2.31. The van der Waals surface area contributed by atoms with Crippen LogP contribution in [0.15, 0.2) is 24.3 Å². The first kappa shape index (κ1) is 20.0. The highest BCUT2D eigenvalue weighted by atomic mass is 19.4. The number of amides is 1. The minimum absolute atomic E-state index is 0.149. The highest BCUT2D eigenvalue weighted by Gasteiger charge is 2.30. The van der Waals surface area contributed by atoms with Gasteiger partial charge in [-0.1, -0.05) is 46.2 Å². The molecule has 0 atom stereocenters. The van der Waals surface area contributed by atoms with Gasteiger partial charge in [-0.2, -0.15) is 18.3 Å². The number of aromatic nitrogens is 2. The second-order valence-corrected chi connectivity index (χ2v) is 7.54. The first-order valence-electron chi connectivity index (χ1n) is 8.56. The van der Waals surface area contributed by atoms with Crippen molar-refractivity contribution in [2.75, 3.05) is 5.32 Å². The van der Waals surface area contributed by atoms with E-state index in [0.717, 1.165) is 24.2 Å². The van der Waals surface area contributed by atoms with Crippen molar-refractivity contribution < 1.29 is 18.0 Å². The Kier molecular flexibility index (Phi) is 5.78. The largest absolute Gasteiger partial charge is 0.416 e. The van der Waals surface area contributed by atoms with Crippen LogP contribution in [-0.2, 0) is 17.4 Å². The number of hydrogen-bond donors (Lipinski definition) is 2. The van der Waals surface area contributed by atoms with Gasteiger partial charge in [0.05, 0.1) is 16.9 Å². The van der Waals surface area contributed by atoms with Crippen molar-refractivity contribution in [3.05, 3.63) is 35.5 Å². The monoisotopic (exact) mass is 367 g/mol. The lowest BCUT2D eigenvalue weighted by Crippen LogP contribution is -2.20. The van der Waals surface area contributed by atoms with E-state index >= 15 is 0 Å². The number of aryl methyl sites for hydroxylation is 1. The molecule has 1 amide bonds. The van der Waals surface area contributed by atoms with Gasteiger partial charge in [0.2, 0.25) is 5.91 Å². The second-order valence-electron chi connectivity index (χ2n) is 7.54. The van der Waals surface area contributed by atoms with E-state index in [4.69, 9.17) is 0 Å². The average molecular weight is 367 g/mol. The maximum Gasteiger partial charge on any atom is 0.416 e. The van der Waals surface area contributed by atoms with Gasteiger partial charge in [0, 0.05) is 12.0 Å². The van der Waals surface area contributed by atoms with Crippen LogP contribution in [0.25, 0.3) is 11.3 Å². The van der Waals surface area contributed by atoms with Crippen molar-refractivity contribution in [2.45, 2.75) is 53.1 Å². The molecule has 0 aliphatic carbocycles. The quantitative estimate of drug-likeness (QED) is 0.741. The smallest absolute Gasteiger partial charge is 0.323 e. The molecule has 1 aromatic carbocycles. The number of carbonyl (C=O) groups excluding carboxylic acids is 1. The molecule has 1 aromatic heterocycles. The van der Waals surface area contributed by atoms with Crippen LogP contribution < -0.4 is 5.32 Å². The van der Waals surface area contributed by atoms with E-state index in [9.17, 15) is 18.0 Å². The van der Waals surface area contributed by atoms with Gasteiger partial charge in [-0.25, -0.2) is 0 Å². The van der Waals surface area contributed by atoms with E-state index < -0.39 is 11.7 Å². The van der Waals surface area contributed by atoms with E-state index in [2.05, 4.69) is 15.5 Å². The first-order chi connectivity index (χ1) is 12.0. The molecule has 2 aromatic rings. The standard InChI is InChI=1S/C19H24F3N3O/c1-5-6-14-17(23-15(26)11-18(2,3)4)16(25-24-14)12-7-9-13(10-8-12)19(20,21)22/h7-10H,5-6,11H2,1-4H3,(H,23,26)(H,24,25). The van der Waals surface area contributed by atoms with Gasteiger partial charge in [-0.15, -0.1) is 0 Å². The Labute approximate surface area is 151 Å². The molecule has 1 heterocycles. The molecule has 0 saturated carbocycles. The Bertz CT molecular complexity index is 756. The molecule has 0 aliphatic rings. The molecule has 142 valence electrons. The van der Waals surface area contributed by atoms with Crippen LogP contribution in [0.2, 0.25) is 0 Å². The highest BCUT2D eigenvalue weighted by molar-refractivity contribution is 5.95. The van der Waals surface area contributed by atoms with Crippen LogP contribution in [0.3, 0.4) is 0 Å². The van der Waals surface area contributed by atoms with Crippen LogP contribution in [0.5, 0.6) is 0 Å². The summed E-state index contributed by atoms with van der Waals surface area (Å²) in [5.74, 6) is -0.149. The molecule has 0 aliphatic heterocycles. The zero-order valence-electron chi connectivity index (χ0n) is 15.4. The van der Waals surface area contributed by atoms with E-state index in [1.807, 2.05) is 27.7 Å². The van der Waals surface area contributed by atoms with E-state index in [1.54, 1.807) is 0 Å². The van der Waals surface area contributed by atoms with Crippen molar-refractivity contribution in [2.24, 2.45) is 5.41 Å². The van der Waals surface area contributed by atoms with Crippen molar-refractivity contribution in [3.63, 3.8) is 0 Å². The summed E-state index contributed by atoms with van der Waals surface area (Å²) in [5.41, 5.74) is 1.38. The van der Waals surface area contributed by atoms with Crippen LogP contribution in [0.4, 0.5) is 18.9 Å². The van der Waals surface area contributed by atoms with Gasteiger partial charge in [-0.05, 0) is 24.0 Å².